The van der Waals surface area contributed by atoms with E-state index < -0.39 is 0 Å². The van der Waals surface area contributed by atoms with Crippen molar-refractivity contribution in [2.75, 3.05) is 7.11 Å². The summed E-state index contributed by atoms with van der Waals surface area (Å²) in [6, 6.07) is 20.0. The van der Waals surface area contributed by atoms with E-state index in [1.807, 2.05) is 73.7 Å². The first kappa shape index (κ1) is 20.8. The summed E-state index contributed by atoms with van der Waals surface area (Å²) in [5.41, 5.74) is 3.13. The van der Waals surface area contributed by atoms with Crippen molar-refractivity contribution in [3.63, 3.8) is 0 Å². The number of ether oxygens (including phenoxy) is 1. The maximum Gasteiger partial charge on any atom is 0.197 e. The topological polar surface area (TPSA) is 47.2 Å². The maximum atomic E-state index is 8.71. The molecule has 0 spiro atoms. The molecule has 1 heterocycles. The lowest BCUT2D eigenvalue weighted by Gasteiger charge is -2.20. The van der Waals surface area contributed by atoms with Crippen LogP contribution in [0.1, 0.15) is 30.2 Å². The van der Waals surface area contributed by atoms with E-state index in [1.54, 1.807) is 11.8 Å². The minimum atomic E-state index is -0.164. The molecule has 148 valence electrons. The number of allylic oxidation sites excluding steroid dienone is 2. The summed E-state index contributed by atoms with van der Waals surface area (Å²) >= 11 is 7.14. The predicted molar refractivity (Wildman–Crippen MR) is 120 cm³/mol. The highest BCUT2D eigenvalue weighted by Crippen LogP contribution is 2.32. The number of thiazole rings is 1. The molecule has 0 fully saturated rings. The van der Waals surface area contributed by atoms with Crippen LogP contribution >= 0.6 is 23.6 Å². The second kappa shape index (κ2) is 10.1. The van der Waals surface area contributed by atoms with E-state index in [-0.39, 0.29) is 6.10 Å². The van der Waals surface area contributed by atoms with Crippen molar-refractivity contribution >= 4 is 23.6 Å². The van der Waals surface area contributed by atoms with E-state index in [0.29, 0.717) is 3.95 Å². The molecule has 1 unspecified atom stereocenters. The summed E-state index contributed by atoms with van der Waals surface area (Å²) in [6.45, 7) is 2.02. The molecule has 0 aliphatic rings. The van der Waals surface area contributed by atoms with Crippen molar-refractivity contribution in [1.82, 2.24) is 4.73 Å². The first-order chi connectivity index (χ1) is 14.1. The Hall–Kier alpha value is -2.88. The summed E-state index contributed by atoms with van der Waals surface area (Å²) in [4.78, 5) is 7.45. The van der Waals surface area contributed by atoms with Crippen molar-refractivity contribution in [3.8, 4) is 22.3 Å². The van der Waals surface area contributed by atoms with Gasteiger partial charge < -0.3 is 9.57 Å². The minimum absolute atomic E-state index is 0.164. The quantitative estimate of drug-likeness (QED) is 0.316. The van der Waals surface area contributed by atoms with Crippen LogP contribution in [-0.4, -0.2) is 11.8 Å². The van der Waals surface area contributed by atoms with Crippen LogP contribution in [0.2, 0.25) is 0 Å². The van der Waals surface area contributed by atoms with Gasteiger partial charge in [0.25, 0.3) is 0 Å². The van der Waals surface area contributed by atoms with Crippen molar-refractivity contribution in [2.24, 2.45) is 0 Å². The highest BCUT2D eigenvalue weighted by molar-refractivity contribution is 7.73. The summed E-state index contributed by atoms with van der Waals surface area (Å²) in [5.74, 6) is 0.820. The van der Waals surface area contributed by atoms with E-state index in [0.717, 1.165) is 40.3 Å². The Kier molecular flexibility index (Phi) is 7.23. The summed E-state index contributed by atoms with van der Waals surface area (Å²) < 4.78 is 7.67. The minimum Gasteiger partial charge on any atom is -0.497 e. The normalized spacial score (nSPS) is 11.9. The smallest absolute Gasteiger partial charge is 0.197 e. The number of benzene rings is 2. The van der Waals surface area contributed by atoms with Crippen molar-refractivity contribution in [1.29, 1.82) is 5.26 Å². The van der Waals surface area contributed by atoms with Crippen molar-refractivity contribution in [3.05, 3.63) is 82.0 Å². The van der Waals surface area contributed by atoms with Gasteiger partial charge in [0.05, 0.1) is 23.8 Å². The highest BCUT2D eigenvalue weighted by atomic mass is 32.1. The monoisotopic (exact) mass is 422 g/mol. The van der Waals surface area contributed by atoms with Gasteiger partial charge in [-0.2, -0.15) is 9.99 Å². The van der Waals surface area contributed by atoms with Crippen LogP contribution in [0.5, 0.6) is 5.75 Å². The van der Waals surface area contributed by atoms with E-state index in [1.165, 1.54) is 17.4 Å². The van der Waals surface area contributed by atoms with Gasteiger partial charge in [0.15, 0.2) is 10.1 Å². The SMILES string of the molecule is COc1ccc(-c2sc(=S)n(OC(CC/C=C\C#N)c3ccccc3)c2C)cc1. The van der Waals surface area contributed by atoms with Gasteiger partial charge in [-0.05, 0) is 67.4 Å². The fourth-order valence-corrected chi connectivity index (χ4v) is 4.37. The molecule has 3 aromatic rings. The number of aromatic nitrogens is 1. The molecule has 4 nitrogen and oxygen atoms in total. The van der Waals surface area contributed by atoms with Gasteiger partial charge in [-0.1, -0.05) is 36.4 Å². The van der Waals surface area contributed by atoms with Crippen molar-refractivity contribution < 1.29 is 9.57 Å². The standard InChI is InChI=1S/C23H22N2O2S2/c1-17-22(19-12-14-20(26-2)15-13-19)29-23(28)25(17)27-21(11-7-4-8-16-24)18-9-5-3-6-10-18/h3-6,8-10,12-15,21H,7,11H2,1-2H3/b8-4-. The van der Waals surface area contributed by atoms with Gasteiger partial charge >= 0.3 is 0 Å². The Balaban J connectivity index is 1.89. The number of rotatable bonds is 8. The molecule has 0 saturated carbocycles. The van der Waals surface area contributed by atoms with Crippen LogP contribution in [0, 0.1) is 22.2 Å². The van der Waals surface area contributed by atoms with Gasteiger partial charge in [0.1, 0.15) is 5.75 Å². The number of nitriles is 1. The van der Waals surface area contributed by atoms with Gasteiger partial charge in [-0.15, -0.1) is 11.3 Å². The fraction of sp³-hybridized carbons (Fsp3) is 0.217. The van der Waals surface area contributed by atoms with Crippen LogP contribution < -0.4 is 9.57 Å². The summed E-state index contributed by atoms with van der Waals surface area (Å²) in [7, 11) is 1.66. The molecule has 0 aliphatic heterocycles. The molecule has 0 aliphatic carbocycles. The number of nitrogens with zero attached hydrogens (tertiary/aromatic N) is 2. The van der Waals surface area contributed by atoms with Crippen LogP contribution in [-0.2, 0) is 0 Å². The van der Waals surface area contributed by atoms with Gasteiger partial charge in [-0.3, -0.25) is 0 Å². The third kappa shape index (κ3) is 5.14. The Morgan fingerprint density at radius 3 is 2.55 bits per heavy atom. The highest BCUT2D eigenvalue weighted by Gasteiger charge is 2.18. The predicted octanol–water partition coefficient (Wildman–Crippen LogP) is 6.29. The van der Waals surface area contributed by atoms with E-state index in [9.17, 15) is 0 Å². The van der Waals surface area contributed by atoms with Crippen molar-refractivity contribution in [2.45, 2.75) is 25.9 Å². The molecule has 6 heteroatoms. The summed E-state index contributed by atoms with van der Waals surface area (Å²) in [5, 5.41) is 8.71. The molecular weight excluding hydrogens is 400 g/mol. The Labute approximate surface area is 180 Å². The third-order valence-electron chi connectivity index (χ3n) is 4.53. The number of hydrogen-bond acceptors (Lipinski definition) is 5. The average molecular weight is 423 g/mol. The zero-order valence-corrected chi connectivity index (χ0v) is 18.0. The van der Waals surface area contributed by atoms with Gasteiger partial charge in [-0.25, -0.2) is 0 Å². The van der Waals surface area contributed by atoms with Gasteiger partial charge in [0.2, 0.25) is 0 Å². The molecule has 1 aromatic heterocycles. The lowest BCUT2D eigenvalue weighted by molar-refractivity contribution is 0.0272. The first-order valence-electron chi connectivity index (χ1n) is 9.27. The molecule has 0 N–H and O–H groups in total. The molecule has 29 heavy (non-hydrogen) atoms. The Bertz CT molecular complexity index is 1060. The van der Waals surface area contributed by atoms with E-state index >= 15 is 0 Å². The molecule has 0 radical (unpaired) electrons. The molecule has 0 bridgehead atoms. The molecule has 2 aromatic carbocycles. The average Bonchev–Trinajstić information content (AvgIpc) is 3.04. The second-order valence-electron chi connectivity index (χ2n) is 6.42. The van der Waals surface area contributed by atoms with E-state index in [2.05, 4.69) is 0 Å². The fourth-order valence-electron chi connectivity index (χ4n) is 3.02. The summed E-state index contributed by atoms with van der Waals surface area (Å²) in [6.07, 6.45) is 4.70. The largest absolute Gasteiger partial charge is 0.497 e. The Morgan fingerprint density at radius 2 is 1.90 bits per heavy atom. The van der Waals surface area contributed by atoms with Crippen LogP contribution in [0.15, 0.2) is 66.7 Å². The van der Waals surface area contributed by atoms with E-state index in [4.69, 9.17) is 27.1 Å². The lowest BCUT2D eigenvalue weighted by atomic mass is 10.0. The molecular formula is C23H22N2O2S2. The van der Waals surface area contributed by atoms with Crippen LogP contribution in [0.4, 0.5) is 0 Å². The molecule has 0 saturated heterocycles. The third-order valence-corrected chi connectivity index (χ3v) is 6.02. The zero-order valence-electron chi connectivity index (χ0n) is 16.4. The molecule has 3 rings (SSSR count). The first-order valence-corrected chi connectivity index (χ1v) is 10.5. The molecule has 1 atom stereocenters. The molecule has 0 amide bonds. The maximum absolute atomic E-state index is 8.71. The lowest BCUT2D eigenvalue weighted by Crippen LogP contribution is -2.19. The number of methoxy groups -OCH3 is 1. The Morgan fingerprint density at radius 1 is 1.17 bits per heavy atom. The zero-order chi connectivity index (χ0) is 20.6. The van der Waals surface area contributed by atoms with Gasteiger partial charge in [0, 0.05) is 6.08 Å². The number of hydrogen-bond donors (Lipinski definition) is 0. The van der Waals surface area contributed by atoms with Crippen LogP contribution in [0.3, 0.4) is 0 Å². The second-order valence-corrected chi connectivity index (χ2v) is 8.06. The van der Waals surface area contributed by atoms with Crippen LogP contribution in [0.25, 0.3) is 10.4 Å².